The average Bonchev–Trinajstić information content (AvgIpc) is 3.11. The van der Waals surface area contributed by atoms with Crippen molar-refractivity contribution in [2.75, 3.05) is 18.4 Å². The summed E-state index contributed by atoms with van der Waals surface area (Å²) in [5.74, 6) is -0.254. The molecule has 2 aromatic carbocycles. The highest BCUT2D eigenvalue weighted by molar-refractivity contribution is 6.36. The molecule has 0 spiro atoms. The minimum absolute atomic E-state index is 0.0944. The second kappa shape index (κ2) is 9.22. The number of hydrogen-bond acceptors (Lipinski definition) is 3. The Morgan fingerprint density at radius 1 is 1.11 bits per heavy atom. The summed E-state index contributed by atoms with van der Waals surface area (Å²) in [5.41, 5.74) is 1.56. The molecule has 1 atom stereocenters. The van der Waals surface area contributed by atoms with Crippen molar-refractivity contribution in [3.63, 3.8) is 0 Å². The molecule has 142 valence electrons. The number of likely N-dealkylation sites (tertiary alicyclic amines) is 1. The topological polar surface area (TPSA) is 61.4 Å². The summed E-state index contributed by atoms with van der Waals surface area (Å²) in [4.78, 5) is 26.8. The molecule has 1 heterocycles. The molecule has 0 aliphatic carbocycles. The van der Waals surface area contributed by atoms with Crippen molar-refractivity contribution in [1.29, 1.82) is 0 Å². The van der Waals surface area contributed by atoms with Gasteiger partial charge < -0.3 is 10.6 Å². The fourth-order valence-corrected chi connectivity index (χ4v) is 3.61. The molecule has 2 aromatic rings. The average molecular weight is 406 g/mol. The summed E-state index contributed by atoms with van der Waals surface area (Å²) in [7, 11) is 0. The number of nitrogens with zero attached hydrogens (tertiary/aromatic N) is 1. The van der Waals surface area contributed by atoms with E-state index in [0.29, 0.717) is 35.2 Å². The fourth-order valence-electron chi connectivity index (χ4n) is 3.16. The Morgan fingerprint density at radius 3 is 2.63 bits per heavy atom. The minimum Gasteiger partial charge on any atom is -0.351 e. The Kier molecular flexibility index (Phi) is 6.72. The first kappa shape index (κ1) is 19.7. The first-order valence-corrected chi connectivity index (χ1v) is 9.59. The van der Waals surface area contributed by atoms with Crippen molar-refractivity contribution in [2.24, 2.45) is 0 Å². The molecule has 7 heteroatoms. The van der Waals surface area contributed by atoms with Gasteiger partial charge >= 0.3 is 0 Å². The summed E-state index contributed by atoms with van der Waals surface area (Å²) in [6.45, 7) is 1.38. The van der Waals surface area contributed by atoms with Gasteiger partial charge in [0.25, 0.3) is 0 Å². The third kappa shape index (κ3) is 5.45. The number of rotatable bonds is 6. The predicted molar refractivity (Wildman–Crippen MR) is 108 cm³/mol. The van der Waals surface area contributed by atoms with Crippen molar-refractivity contribution < 1.29 is 9.59 Å². The smallest absolute Gasteiger partial charge is 0.241 e. The lowest BCUT2D eigenvalue weighted by Crippen LogP contribution is -2.44. The number of hydrogen-bond donors (Lipinski definition) is 2. The number of nitrogens with one attached hydrogen (secondary N) is 2. The molecule has 1 aliphatic rings. The molecule has 3 rings (SSSR count). The predicted octanol–water partition coefficient (Wildman–Crippen LogP) is 3.71. The number of amides is 2. The molecule has 1 saturated heterocycles. The van der Waals surface area contributed by atoms with E-state index in [0.717, 1.165) is 12.0 Å². The Balaban J connectivity index is 1.54. The van der Waals surface area contributed by atoms with Crippen LogP contribution in [0.5, 0.6) is 0 Å². The van der Waals surface area contributed by atoms with E-state index in [-0.39, 0.29) is 24.4 Å². The van der Waals surface area contributed by atoms with E-state index >= 15 is 0 Å². The van der Waals surface area contributed by atoms with Crippen molar-refractivity contribution >= 4 is 40.7 Å². The van der Waals surface area contributed by atoms with Gasteiger partial charge in [0.05, 0.1) is 23.3 Å². The van der Waals surface area contributed by atoms with E-state index in [1.165, 1.54) is 0 Å². The number of carbonyl (C=O) groups is 2. The number of halogens is 2. The van der Waals surface area contributed by atoms with E-state index in [2.05, 4.69) is 10.6 Å². The zero-order valence-electron chi connectivity index (χ0n) is 14.8. The summed E-state index contributed by atoms with van der Waals surface area (Å²) in [6, 6.07) is 14.3. The van der Waals surface area contributed by atoms with Crippen molar-refractivity contribution in [1.82, 2.24) is 10.2 Å². The van der Waals surface area contributed by atoms with Crippen LogP contribution in [0.2, 0.25) is 10.0 Å². The van der Waals surface area contributed by atoms with Crippen molar-refractivity contribution in [3.8, 4) is 0 Å². The van der Waals surface area contributed by atoms with Crippen LogP contribution in [0.3, 0.4) is 0 Å². The maximum Gasteiger partial charge on any atom is 0.241 e. The summed E-state index contributed by atoms with van der Waals surface area (Å²) in [6.07, 6.45) is 1.58. The summed E-state index contributed by atoms with van der Waals surface area (Å²) >= 11 is 12.0. The molecule has 0 radical (unpaired) electrons. The van der Waals surface area contributed by atoms with Gasteiger partial charge in [-0.3, -0.25) is 14.5 Å². The largest absolute Gasteiger partial charge is 0.351 e. The van der Waals surface area contributed by atoms with Crippen LogP contribution < -0.4 is 10.6 Å². The maximum atomic E-state index is 12.6. The van der Waals surface area contributed by atoms with Gasteiger partial charge in [-0.15, -0.1) is 0 Å². The quantitative estimate of drug-likeness (QED) is 0.769. The molecule has 2 N–H and O–H groups in total. The molecule has 0 bridgehead atoms. The first-order valence-electron chi connectivity index (χ1n) is 8.83. The van der Waals surface area contributed by atoms with E-state index < -0.39 is 0 Å². The molecular formula is C20H21Cl2N3O2. The number of benzene rings is 2. The molecule has 1 unspecified atom stereocenters. The molecular weight excluding hydrogens is 385 g/mol. The minimum atomic E-state index is -0.348. The lowest BCUT2D eigenvalue weighted by Gasteiger charge is -2.23. The van der Waals surface area contributed by atoms with Crippen molar-refractivity contribution in [3.05, 3.63) is 64.1 Å². The second-order valence-electron chi connectivity index (χ2n) is 6.50. The van der Waals surface area contributed by atoms with Crippen LogP contribution in [-0.4, -0.2) is 35.8 Å². The molecule has 2 amide bonds. The van der Waals surface area contributed by atoms with Gasteiger partial charge in [-0.1, -0.05) is 53.5 Å². The summed E-state index contributed by atoms with van der Waals surface area (Å²) < 4.78 is 0. The van der Waals surface area contributed by atoms with Crippen molar-refractivity contribution in [2.45, 2.75) is 25.4 Å². The van der Waals surface area contributed by atoms with Crippen LogP contribution in [0.1, 0.15) is 18.4 Å². The van der Waals surface area contributed by atoms with E-state index in [1.54, 1.807) is 18.2 Å². The number of anilines is 1. The Bertz CT molecular complexity index is 814. The van der Waals surface area contributed by atoms with Gasteiger partial charge in [-0.05, 0) is 43.1 Å². The first-order chi connectivity index (χ1) is 13.0. The van der Waals surface area contributed by atoms with Gasteiger partial charge in [-0.25, -0.2) is 0 Å². The van der Waals surface area contributed by atoms with Gasteiger partial charge in [-0.2, -0.15) is 0 Å². The zero-order chi connectivity index (χ0) is 19.2. The molecule has 0 aromatic heterocycles. The standard InChI is InChI=1S/C20H21Cl2N3O2/c21-15-8-9-17(16(22)11-15)24-20(27)18-7-4-10-25(18)13-19(26)23-12-14-5-2-1-3-6-14/h1-3,5-6,8-9,11,18H,4,7,10,12-13H2,(H,23,26)(H,24,27). The van der Waals surface area contributed by atoms with E-state index in [1.807, 2.05) is 35.2 Å². The summed E-state index contributed by atoms with van der Waals surface area (Å²) in [5, 5.41) is 6.64. The second-order valence-corrected chi connectivity index (χ2v) is 7.35. The Labute approximate surface area is 168 Å². The molecule has 0 saturated carbocycles. The zero-order valence-corrected chi connectivity index (χ0v) is 16.3. The molecule has 5 nitrogen and oxygen atoms in total. The fraction of sp³-hybridized carbons (Fsp3) is 0.300. The van der Waals surface area contributed by atoms with Crippen LogP contribution in [0, 0.1) is 0 Å². The van der Waals surface area contributed by atoms with Crippen LogP contribution >= 0.6 is 23.2 Å². The third-order valence-electron chi connectivity index (χ3n) is 4.53. The molecule has 1 aliphatic heterocycles. The van der Waals surface area contributed by atoms with Gasteiger partial charge in [0, 0.05) is 11.6 Å². The van der Waals surface area contributed by atoms with Crippen LogP contribution in [0.4, 0.5) is 5.69 Å². The Hall–Kier alpha value is -2.08. The Morgan fingerprint density at radius 2 is 1.89 bits per heavy atom. The molecule has 1 fully saturated rings. The lowest BCUT2D eigenvalue weighted by molar-refractivity contribution is -0.125. The lowest BCUT2D eigenvalue weighted by atomic mass is 10.2. The monoisotopic (exact) mass is 405 g/mol. The number of carbonyl (C=O) groups excluding carboxylic acids is 2. The van der Waals surface area contributed by atoms with Gasteiger partial charge in [0.1, 0.15) is 0 Å². The third-order valence-corrected chi connectivity index (χ3v) is 5.08. The maximum absolute atomic E-state index is 12.6. The molecule has 27 heavy (non-hydrogen) atoms. The van der Waals surface area contributed by atoms with Crippen LogP contribution in [0.15, 0.2) is 48.5 Å². The van der Waals surface area contributed by atoms with E-state index in [4.69, 9.17) is 23.2 Å². The highest BCUT2D eigenvalue weighted by atomic mass is 35.5. The van der Waals surface area contributed by atoms with Crippen LogP contribution in [-0.2, 0) is 16.1 Å². The van der Waals surface area contributed by atoms with Gasteiger partial charge in [0.15, 0.2) is 0 Å². The highest BCUT2D eigenvalue weighted by Gasteiger charge is 2.32. The van der Waals surface area contributed by atoms with Crippen LogP contribution in [0.25, 0.3) is 0 Å². The SMILES string of the molecule is O=C(CN1CCCC1C(=O)Nc1ccc(Cl)cc1Cl)NCc1ccccc1. The van der Waals surface area contributed by atoms with E-state index in [9.17, 15) is 9.59 Å². The normalized spacial score (nSPS) is 16.9. The van der Waals surface area contributed by atoms with Gasteiger partial charge in [0.2, 0.25) is 11.8 Å². The highest BCUT2D eigenvalue weighted by Crippen LogP contribution is 2.26.